The molecular weight excluding hydrogens is 344 g/mol. The third kappa shape index (κ3) is 4.84. The van der Waals surface area contributed by atoms with E-state index < -0.39 is 27.0 Å². The number of ketones is 1. The monoisotopic (exact) mass is 358 g/mol. The van der Waals surface area contributed by atoms with Crippen molar-refractivity contribution in [1.82, 2.24) is 5.43 Å². The van der Waals surface area contributed by atoms with Gasteiger partial charge in [-0.1, -0.05) is 30.3 Å². The van der Waals surface area contributed by atoms with Gasteiger partial charge in [-0.15, -0.1) is 0 Å². The van der Waals surface area contributed by atoms with Gasteiger partial charge in [0.25, 0.3) is 5.69 Å². The second kappa shape index (κ2) is 8.33. The van der Waals surface area contributed by atoms with Crippen molar-refractivity contribution in [3.63, 3.8) is 0 Å². The predicted octanol–water partition coefficient (Wildman–Crippen LogP) is 1.94. The molecule has 0 spiro atoms. The van der Waals surface area contributed by atoms with Gasteiger partial charge in [0.15, 0.2) is 5.78 Å². The molecule has 2 rings (SSSR count). The molecule has 0 aliphatic rings. The first-order chi connectivity index (χ1) is 12.4. The van der Waals surface area contributed by atoms with Crippen LogP contribution >= 0.6 is 0 Å². The number of hydrazone groups is 1. The number of Topliss-reactive ketones (excluding diaryl/α,β-unsaturated/α-hetero) is 1. The summed E-state index contributed by atoms with van der Waals surface area (Å²) in [6.45, 7) is -0.108. The molecule has 0 aliphatic carbocycles. The van der Waals surface area contributed by atoms with E-state index in [1.54, 1.807) is 12.1 Å². The lowest BCUT2D eigenvalue weighted by Gasteiger charge is -2.02. The number of carbonyl (C=O) groups is 1. The van der Waals surface area contributed by atoms with Crippen molar-refractivity contribution < 1.29 is 19.7 Å². The summed E-state index contributed by atoms with van der Waals surface area (Å²) in [7, 11) is 0. The third-order valence-corrected chi connectivity index (χ3v) is 3.33. The standard InChI is InChI=1S/C16H14N4O6/c21-14(6-11-4-2-1-3-5-11)10-18-17-9-12-7-13(19(23)24)8-15(16(12)22)20(25)26/h1-5,7-9,18,22H,6,10H2/b17-9+. The van der Waals surface area contributed by atoms with E-state index in [-0.39, 0.29) is 24.3 Å². The first-order valence-electron chi connectivity index (χ1n) is 7.36. The lowest BCUT2D eigenvalue weighted by molar-refractivity contribution is -0.394. The van der Waals surface area contributed by atoms with Crippen molar-refractivity contribution in [2.45, 2.75) is 6.42 Å². The van der Waals surface area contributed by atoms with Crippen molar-refractivity contribution in [2.75, 3.05) is 6.54 Å². The van der Waals surface area contributed by atoms with Crippen molar-refractivity contribution in [3.8, 4) is 5.75 Å². The van der Waals surface area contributed by atoms with Crippen LogP contribution in [0.3, 0.4) is 0 Å². The number of nitro groups is 2. The zero-order chi connectivity index (χ0) is 19.1. The number of phenols is 1. The Bertz CT molecular complexity index is 867. The Morgan fingerprint density at radius 1 is 1.15 bits per heavy atom. The van der Waals surface area contributed by atoms with Crippen molar-refractivity contribution in [2.24, 2.45) is 5.10 Å². The molecule has 2 N–H and O–H groups in total. The van der Waals surface area contributed by atoms with E-state index in [4.69, 9.17) is 0 Å². The van der Waals surface area contributed by atoms with Crippen LogP contribution in [0.5, 0.6) is 5.75 Å². The van der Waals surface area contributed by atoms with Gasteiger partial charge in [0.1, 0.15) is 0 Å². The number of benzene rings is 2. The van der Waals surface area contributed by atoms with Gasteiger partial charge in [-0.2, -0.15) is 5.10 Å². The number of nitrogens with one attached hydrogen (secondary N) is 1. The van der Waals surface area contributed by atoms with Gasteiger partial charge < -0.3 is 10.5 Å². The van der Waals surface area contributed by atoms with Gasteiger partial charge in [-0.05, 0) is 5.56 Å². The van der Waals surface area contributed by atoms with Crippen LogP contribution in [0.1, 0.15) is 11.1 Å². The zero-order valence-corrected chi connectivity index (χ0v) is 13.4. The van der Waals surface area contributed by atoms with Crippen molar-refractivity contribution >= 4 is 23.4 Å². The molecule has 0 heterocycles. The number of phenolic OH excluding ortho intramolecular Hbond substituents is 1. The Morgan fingerprint density at radius 2 is 1.85 bits per heavy atom. The van der Waals surface area contributed by atoms with E-state index >= 15 is 0 Å². The smallest absolute Gasteiger partial charge is 0.318 e. The zero-order valence-electron chi connectivity index (χ0n) is 13.4. The largest absolute Gasteiger partial charge is 0.502 e. The fourth-order valence-corrected chi connectivity index (χ4v) is 2.10. The van der Waals surface area contributed by atoms with E-state index in [9.17, 15) is 30.1 Å². The quantitative estimate of drug-likeness (QED) is 0.416. The fourth-order valence-electron chi connectivity index (χ4n) is 2.10. The fraction of sp³-hybridized carbons (Fsp3) is 0.125. The number of nitro benzene ring substituents is 2. The summed E-state index contributed by atoms with van der Waals surface area (Å²) >= 11 is 0. The molecule has 10 heteroatoms. The number of carbonyl (C=O) groups excluding carboxylic acids is 1. The highest BCUT2D eigenvalue weighted by Crippen LogP contribution is 2.33. The van der Waals surface area contributed by atoms with Crippen LogP contribution in [0.15, 0.2) is 47.6 Å². The molecule has 10 nitrogen and oxygen atoms in total. The molecule has 2 aromatic carbocycles. The SMILES string of the molecule is O=C(CN/N=C/c1cc([N+](=O)[O-])cc([N+](=O)[O-])c1O)Cc1ccccc1. The predicted molar refractivity (Wildman–Crippen MR) is 92.2 cm³/mol. The lowest BCUT2D eigenvalue weighted by Crippen LogP contribution is -2.20. The Kier molecular flexibility index (Phi) is 5.93. The highest BCUT2D eigenvalue weighted by atomic mass is 16.6. The highest BCUT2D eigenvalue weighted by molar-refractivity contribution is 5.87. The van der Waals surface area contributed by atoms with Crippen LogP contribution in [-0.4, -0.2) is 33.5 Å². The summed E-state index contributed by atoms with van der Waals surface area (Å²) in [5, 5.41) is 35.2. The van der Waals surface area contributed by atoms with Crippen LogP contribution in [0.25, 0.3) is 0 Å². The molecule has 134 valence electrons. The lowest BCUT2D eigenvalue weighted by atomic mass is 10.1. The highest BCUT2D eigenvalue weighted by Gasteiger charge is 2.23. The molecule has 0 fully saturated rings. The van der Waals surface area contributed by atoms with Gasteiger partial charge in [-0.25, -0.2) is 0 Å². The number of non-ortho nitro benzene ring substituents is 1. The third-order valence-electron chi connectivity index (χ3n) is 3.33. The van der Waals surface area contributed by atoms with Crippen LogP contribution < -0.4 is 5.43 Å². The number of rotatable bonds is 8. The molecular formula is C16H14N4O6. The maximum absolute atomic E-state index is 11.8. The summed E-state index contributed by atoms with van der Waals surface area (Å²) in [6, 6.07) is 10.7. The van der Waals surface area contributed by atoms with Gasteiger partial charge in [0.05, 0.1) is 34.2 Å². The number of hydrogen-bond acceptors (Lipinski definition) is 8. The van der Waals surface area contributed by atoms with E-state index in [2.05, 4.69) is 10.5 Å². The Hall–Kier alpha value is -3.82. The summed E-state index contributed by atoms with van der Waals surface area (Å²) in [4.78, 5) is 31.7. The molecule has 0 bridgehead atoms. The Balaban J connectivity index is 2.04. The first kappa shape index (κ1) is 18.5. The summed E-state index contributed by atoms with van der Waals surface area (Å²) in [5.41, 5.74) is 1.71. The molecule has 0 saturated heterocycles. The molecule has 2 aromatic rings. The number of nitrogens with zero attached hydrogens (tertiary/aromatic N) is 3. The van der Waals surface area contributed by atoms with E-state index in [0.717, 1.165) is 17.8 Å². The number of hydrogen-bond donors (Lipinski definition) is 2. The maximum Gasteiger partial charge on any atom is 0.318 e. The minimum atomic E-state index is -0.934. The second-order valence-corrected chi connectivity index (χ2v) is 5.21. The van der Waals surface area contributed by atoms with E-state index in [1.807, 2.05) is 18.2 Å². The average Bonchev–Trinajstić information content (AvgIpc) is 2.60. The molecule has 0 amide bonds. The average molecular weight is 358 g/mol. The second-order valence-electron chi connectivity index (χ2n) is 5.21. The van der Waals surface area contributed by atoms with Gasteiger partial charge in [0, 0.05) is 12.5 Å². The summed E-state index contributed by atoms with van der Waals surface area (Å²) in [6.07, 6.45) is 1.18. The topological polar surface area (TPSA) is 148 Å². The van der Waals surface area contributed by atoms with E-state index in [1.165, 1.54) is 0 Å². The molecule has 0 radical (unpaired) electrons. The summed E-state index contributed by atoms with van der Waals surface area (Å²) < 4.78 is 0. The van der Waals surface area contributed by atoms with E-state index in [0.29, 0.717) is 6.07 Å². The van der Waals surface area contributed by atoms with Crippen LogP contribution in [0.2, 0.25) is 0 Å². The van der Waals surface area contributed by atoms with Crippen LogP contribution in [-0.2, 0) is 11.2 Å². The minimum Gasteiger partial charge on any atom is -0.502 e. The minimum absolute atomic E-state index is 0.108. The van der Waals surface area contributed by atoms with Crippen molar-refractivity contribution in [3.05, 3.63) is 73.8 Å². The van der Waals surface area contributed by atoms with Gasteiger partial charge >= 0.3 is 5.69 Å². The van der Waals surface area contributed by atoms with Gasteiger partial charge in [-0.3, -0.25) is 25.0 Å². The Morgan fingerprint density at radius 3 is 2.46 bits per heavy atom. The molecule has 0 aromatic heterocycles. The maximum atomic E-state index is 11.8. The molecule has 0 atom stereocenters. The van der Waals surface area contributed by atoms with Crippen LogP contribution in [0, 0.1) is 20.2 Å². The Labute approximate surface area is 147 Å². The van der Waals surface area contributed by atoms with Crippen molar-refractivity contribution in [1.29, 1.82) is 0 Å². The summed E-state index contributed by atoms with van der Waals surface area (Å²) in [5.74, 6) is -0.899. The molecule has 26 heavy (non-hydrogen) atoms. The molecule has 0 aliphatic heterocycles. The number of aromatic hydroxyl groups is 1. The molecule has 0 saturated carbocycles. The normalized spacial score (nSPS) is 10.6. The van der Waals surface area contributed by atoms with Crippen LogP contribution in [0.4, 0.5) is 11.4 Å². The van der Waals surface area contributed by atoms with Gasteiger partial charge in [0.2, 0.25) is 5.75 Å². The first-order valence-corrected chi connectivity index (χ1v) is 7.36. The molecule has 0 unspecified atom stereocenters.